The van der Waals surface area contributed by atoms with Gasteiger partial charge in [0.2, 0.25) is 11.8 Å². The second kappa shape index (κ2) is 8.67. The van der Waals surface area contributed by atoms with Crippen molar-refractivity contribution in [2.24, 2.45) is 0 Å². The number of benzene rings is 1. The Bertz CT molecular complexity index is 510. The van der Waals surface area contributed by atoms with Crippen molar-refractivity contribution in [3.63, 3.8) is 0 Å². The van der Waals surface area contributed by atoms with E-state index < -0.39 is 0 Å². The van der Waals surface area contributed by atoms with Crippen LogP contribution in [-0.4, -0.2) is 29.9 Å². The van der Waals surface area contributed by atoms with E-state index in [-0.39, 0.29) is 23.9 Å². The minimum atomic E-state index is -0.207. The Balaban J connectivity index is 1.69. The molecule has 0 bridgehead atoms. The van der Waals surface area contributed by atoms with E-state index in [0.29, 0.717) is 12.6 Å². The van der Waals surface area contributed by atoms with Gasteiger partial charge in [0.1, 0.15) is 0 Å². The smallest absolute Gasteiger partial charge is 0.237 e. The molecule has 0 spiro atoms. The lowest BCUT2D eigenvalue weighted by atomic mass is 9.90. The molecule has 1 fully saturated rings. The summed E-state index contributed by atoms with van der Waals surface area (Å²) in [6.07, 6.45) is 3.91. The summed E-state index contributed by atoms with van der Waals surface area (Å²) in [5.41, 5.74) is 1.10. The van der Waals surface area contributed by atoms with Gasteiger partial charge in [-0.3, -0.25) is 9.59 Å². The fourth-order valence-corrected chi connectivity index (χ4v) is 3.06. The lowest BCUT2D eigenvalue weighted by Crippen LogP contribution is -2.49. The Hall–Kier alpha value is -1.88. The second-order valence-corrected chi connectivity index (χ2v) is 6.34. The van der Waals surface area contributed by atoms with Gasteiger partial charge in [-0.25, -0.2) is 0 Å². The molecule has 1 aliphatic rings. The number of amides is 2. The molecule has 2 rings (SSSR count). The first-order chi connectivity index (χ1) is 11.0. The molecule has 1 aliphatic carbocycles. The van der Waals surface area contributed by atoms with Crippen molar-refractivity contribution in [2.75, 3.05) is 0 Å². The molecule has 126 valence electrons. The molecule has 2 amide bonds. The summed E-state index contributed by atoms with van der Waals surface area (Å²) in [4.78, 5) is 23.2. The maximum Gasteiger partial charge on any atom is 0.237 e. The van der Waals surface area contributed by atoms with Gasteiger partial charge in [-0.15, -0.1) is 0 Å². The largest absolute Gasteiger partial charge is 0.354 e. The van der Waals surface area contributed by atoms with Gasteiger partial charge in [0.25, 0.3) is 0 Å². The van der Waals surface area contributed by atoms with Gasteiger partial charge in [-0.1, -0.05) is 30.3 Å². The van der Waals surface area contributed by atoms with E-state index in [4.69, 9.17) is 0 Å². The van der Waals surface area contributed by atoms with Crippen LogP contribution < -0.4 is 16.0 Å². The zero-order valence-electron chi connectivity index (χ0n) is 14.0. The van der Waals surface area contributed by atoms with E-state index in [2.05, 4.69) is 16.0 Å². The molecule has 5 nitrogen and oxygen atoms in total. The van der Waals surface area contributed by atoms with E-state index in [1.165, 1.54) is 0 Å². The quantitative estimate of drug-likeness (QED) is 0.748. The van der Waals surface area contributed by atoms with Gasteiger partial charge in [0.15, 0.2) is 0 Å². The van der Waals surface area contributed by atoms with Gasteiger partial charge in [0.05, 0.1) is 6.04 Å². The maximum absolute atomic E-state index is 12.2. The van der Waals surface area contributed by atoms with Crippen molar-refractivity contribution in [1.82, 2.24) is 16.0 Å². The molecular weight excluding hydrogens is 290 g/mol. The Labute approximate surface area is 138 Å². The Morgan fingerprint density at radius 3 is 2.30 bits per heavy atom. The van der Waals surface area contributed by atoms with Crippen LogP contribution in [0, 0.1) is 0 Å². The van der Waals surface area contributed by atoms with Crippen LogP contribution in [0.3, 0.4) is 0 Å². The molecule has 1 atom stereocenters. The minimum absolute atomic E-state index is 0.0258. The van der Waals surface area contributed by atoms with Crippen molar-refractivity contribution < 1.29 is 9.59 Å². The summed E-state index contributed by atoms with van der Waals surface area (Å²) >= 11 is 0. The van der Waals surface area contributed by atoms with Crippen LogP contribution in [-0.2, 0) is 16.1 Å². The Morgan fingerprint density at radius 1 is 1.09 bits per heavy atom. The molecule has 0 aromatic heterocycles. The summed E-state index contributed by atoms with van der Waals surface area (Å²) in [7, 11) is 0. The first-order valence-electron chi connectivity index (χ1n) is 8.39. The second-order valence-electron chi connectivity index (χ2n) is 6.34. The van der Waals surface area contributed by atoms with Crippen molar-refractivity contribution >= 4 is 11.8 Å². The number of hydrogen-bond acceptors (Lipinski definition) is 3. The molecule has 0 heterocycles. The number of hydrogen-bond donors (Lipinski definition) is 3. The predicted octanol–water partition coefficient (Wildman–Crippen LogP) is 1.73. The minimum Gasteiger partial charge on any atom is -0.354 e. The monoisotopic (exact) mass is 317 g/mol. The lowest BCUT2D eigenvalue weighted by molar-refractivity contribution is -0.123. The van der Waals surface area contributed by atoms with E-state index in [1.807, 2.05) is 37.3 Å². The average molecular weight is 317 g/mol. The zero-order valence-corrected chi connectivity index (χ0v) is 14.0. The molecule has 3 N–H and O–H groups in total. The van der Waals surface area contributed by atoms with Gasteiger partial charge in [0, 0.05) is 25.6 Å². The molecule has 1 unspecified atom stereocenters. The highest BCUT2D eigenvalue weighted by Gasteiger charge is 2.24. The molecule has 1 aromatic rings. The van der Waals surface area contributed by atoms with E-state index in [1.54, 1.807) is 6.92 Å². The number of nitrogens with one attached hydrogen (secondary N) is 3. The first kappa shape index (κ1) is 17.5. The predicted molar refractivity (Wildman–Crippen MR) is 90.7 cm³/mol. The fourth-order valence-electron chi connectivity index (χ4n) is 3.06. The van der Waals surface area contributed by atoms with Crippen molar-refractivity contribution in [3.05, 3.63) is 35.9 Å². The highest BCUT2D eigenvalue weighted by Crippen LogP contribution is 2.19. The maximum atomic E-state index is 12.2. The van der Waals surface area contributed by atoms with Crippen molar-refractivity contribution in [1.29, 1.82) is 0 Å². The lowest BCUT2D eigenvalue weighted by Gasteiger charge is -2.31. The Morgan fingerprint density at radius 2 is 1.70 bits per heavy atom. The summed E-state index contributed by atoms with van der Waals surface area (Å²) in [6.45, 7) is 4.02. The van der Waals surface area contributed by atoms with Gasteiger partial charge >= 0.3 is 0 Å². The first-order valence-corrected chi connectivity index (χ1v) is 8.39. The van der Waals surface area contributed by atoms with Crippen LogP contribution in [0.5, 0.6) is 0 Å². The number of rotatable bonds is 6. The van der Waals surface area contributed by atoms with Crippen LogP contribution in [0.25, 0.3) is 0 Å². The third kappa shape index (κ3) is 6.02. The summed E-state index contributed by atoms with van der Waals surface area (Å²) in [6, 6.07) is 10.3. The van der Waals surface area contributed by atoms with E-state index in [9.17, 15) is 9.59 Å². The third-order valence-electron chi connectivity index (χ3n) is 4.32. The molecular formula is C18H27N3O2. The number of carbonyl (C=O) groups excluding carboxylic acids is 2. The third-order valence-corrected chi connectivity index (χ3v) is 4.32. The van der Waals surface area contributed by atoms with Gasteiger partial charge in [-0.05, 0) is 38.2 Å². The standard InChI is InChI=1S/C18H27N3O2/c1-13(18(23)19-12-15-6-4-3-5-7-15)20-16-8-10-17(11-9-16)21-14(2)22/h3-7,13,16-17,20H,8-12H2,1-2H3,(H,19,23)(H,21,22). The Kier molecular flexibility index (Phi) is 6.59. The normalized spacial score (nSPS) is 22.2. The molecule has 1 saturated carbocycles. The molecule has 0 aliphatic heterocycles. The summed E-state index contributed by atoms with van der Waals surface area (Å²) < 4.78 is 0. The van der Waals surface area contributed by atoms with Crippen LogP contribution in [0.2, 0.25) is 0 Å². The van der Waals surface area contributed by atoms with E-state index >= 15 is 0 Å². The van der Waals surface area contributed by atoms with Crippen LogP contribution in [0.1, 0.15) is 45.1 Å². The molecule has 1 aromatic carbocycles. The van der Waals surface area contributed by atoms with Gasteiger partial charge in [-0.2, -0.15) is 0 Å². The van der Waals surface area contributed by atoms with Crippen molar-refractivity contribution in [2.45, 2.75) is 64.2 Å². The van der Waals surface area contributed by atoms with Crippen LogP contribution in [0.4, 0.5) is 0 Å². The van der Waals surface area contributed by atoms with Crippen molar-refractivity contribution in [3.8, 4) is 0 Å². The SMILES string of the molecule is CC(=O)NC1CCC(NC(C)C(=O)NCc2ccccc2)CC1. The van der Waals surface area contributed by atoms with Gasteiger partial charge < -0.3 is 16.0 Å². The van der Waals surface area contributed by atoms with E-state index in [0.717, 1.165) is 31.2 Å². The summed E-state index contributed by atoms with van der Waals surface area (Å²) in [5, 5.41) is 9.34. The zero-order chi connectivity index (χ0) is 16.7. The molecule has 0 saturated heterocycles. The highest BCUT2D eigenvalue weighted by atomic mass is 16.2. The molecule has 5 heteroatoms. The highest BCUT2D eigenvalue weighted by molar-refractivity contribution is 5.81. The fraction of sp³-hybridized carbons (Fsp3) is 0.556. The topological polar surface area (TPSA) is 70.2 Å². The number of carbonyl (C=O) groups is 2. The van der Waals surface area contributed by atoms with Crippen LogP contribution in [0.15, 0.2) is 30.3 Å². The average Bonchev–Trinajstić information content (AvgIpc) is 2.55. The van der Waals surface area contributed by atoms with Crippen LogP contribution >= 0.6 is 0 Å². The molecule has 0 radical (unpaired) electrons. The molecule has 23 heavy (non-hydrogen) atoms. The summed E-state index contributed by atoms with van der Waals surface area (Å²) in [5.74, 6) is 0.0629.